The highest BCUT2D eigenvalue weighted by Gasteiger charge is 2.33. The Hall–Kier alpha value is -1.50. The topological polar surface area (TPSA) is 40.2 Å². The molecule has 0 atom stereocenters. The van der Waals surface area contributed by atoms with Crippen LogP contribution in [0.2, 0.25) is 0 Å². The van der Waals surface area contributed by atoms with Crippen LogP contribution in [0.3, 0.4) is 0 Å². The summed E-state index contributed by atoms with van der Waals surface area (Å²) in [7, 11) is 0. The lowest BCUT2D eigenvalue weighted by Gasteiger charge is -2.18. The van der Waals surface area contributed by atoms with Gasteiger partial charge in [-0.2, -0.15) is 0 Å². The number of nitrogens with one attached hydrogen (secondary N) is 2. The van der Waals surface area contributed by atoms with Crippen LogP contribution >= 0.6 is 23.6 Å². The largest absolute Gasteiger partial charge is 0.342 e. The summed E-state index contributed by atoms with van der Waals surface area (Å²) in [6.07, 6.45) is 0. The van der Waals surface area contributed by atoms with Gasteiger partial charge in [0.1, 0.15) is 5.66 Å². The third kappa shape index (κ3) is 2.47. The molecule has 1 aliphatic rings. The first kappa shape index (κ1) is 12.5. The van der Waals surface area contributed by atoms with Gasteiger partial charge in [0.05, 0.1) is 5.69 Å². The smallest absolute Gasteiger partial charge is 0.207 e. The molecule has 2 heterocycles. The monoisotopic (exact) mass is 290 g/mol. The van der Waals surface area contributed by atoms with Crippen molar-refractivity contribution in [1.82, 2.24) is 15.7 Å². The summed E-state index contributed by atoms with van der Waals surface area (Å²) in [5.41, 5.74) is 5.13. The molecule has 0 spiro atoms. The third-order valence-electron chi connectivity index (χ3n) is 2.77. The predicted molar refractivity (Wildman–Crippen MR) is 83.0 cm³/mol. The molecule has 1 fully saturated rings. The van der Waals surface area contributed by atoms with E-state index >= 15 is 0 Å². The Morgan fingerprint density at radius 2 is 2.00 bits per heavy atom. The molecule has 1 aromatic carbocycles. The Bertz CT molecular complexity index is 606. The highest BCUT2D eigenvalue weighted by Crippen LogP contribution is 2.28. The Morgan fingerprint density at radius 1 is 1.26 bits per heavy atom. The van der Waals surface area contributed by atoms with Gasteiger partial charge in [0.25, 0.3) is 0 Å². The van der Waals surface area contributed by atoms with Crippen molar-refractivity contribution in [1.29, 1.82) is 0 Å². The van der Waals surface area contributed by atoms with E-state index in [-0.39, 0.29) is 5.66 Å². The molecule has 4 nitrogen and oxygen atoms in total. The van der Waals surface area contributed by atoms with E-state index in [1.807, 2.05) is 42.4 Å². The third-order valence-corrected chi connectivity index (χ3v) is 3.88. The first-order valence-corrected chi connectivity index (χ1v) is 7.25. The molecular formula is C13H14N4S2. The molecule has 2 N–H and O–H groups in total. The standard InChI is InChI=1S/C13H14N4S2/c1-13(2)15-11(18)17(16-13)12-14-10(8-19-12)9-6-4-3-5-7-9/h3-8,16H,1-2H3,(H,15,18). The van der Waals surface area contributed by atoms with Crippen LogP contribution in [-0.4, -0.2) is 15.8 Å². The molecule has 2 aromatic rings. The highest BCUT2D eigenvalue weighted by atomic mass is 32.1. The number of nitrogens with zero attached hydrogens (tertiary/aromatic N) is 2. The Balaban J connectivity index is 1.89. The van der Waals surface area contributed by atoms with Crippen LogP contribution in [0.5, 0.6) is 0 Å². The lowest BCUT2D eigenvalue weighted by molar-refractivity contribution is 0.415. The second-order valence-electron chi connectivity index (χ2n) is 4.88. The van der Waals surface area contributed by atoms with Crippen molar-refractivity contribution >= 4 is 33.8 Å². The van der Waals surface area contributed by atoms with Crippen LogP contribution in [0, 0.1) is 0 Å². The van der Waals surface area contributed by atoms with Crippen molar-refractivity contribution in [2.24, 2.45) is 0 Å². The van der Waals surface area contributed by atoms with E-state index in [0.29, 0.717) is 5.11 Å². The fourth-order valence-electron chi connectivity index (χ4n) is 1.92. The van der Waals surface area contributed by atoms with Gasteiger partial charge in [-0.3, -0.25) is 0 Å². The zero-order chi connectivity index (χ0) is 13.5. The van der Waals surface area contributed by atoms with Crippen LogP contribution in [0.1, 0.15) is 13.8 Å². The minimum absolute atomic E-state index is 0.240. The van der Waals surface area contributed by atoms with Gasteiger partial charge in [-0.25, -0.2) is 15.4 Å². The van der Waals surface area contributed by atoms with Gasteiger partial charge in [0.15, 0.2) is 5.11 Å². The molecule has 0 unspecified atom stereocenters. The fourth-order valence-corrected chi connectivity index (χ4v) is 3.17. The maximum absolute atomic E-state index is 5.32. The van der Waals surface area contributed by atoms with E-state index in [2.05, 4.69) is 27.9 Å². The molecule has 0 saturated carbocycles. The summed E-state index contributed by atoms with van der Waals surface area (Å²) >= 11 is 6.89. The van der Waals surface area contributed by atoms with E-state index in [9.17, 15) is 0 Å². The minimum Gasteiger partial charge on any atom is -0.342 e. The average molecular weight is 290 g/mol. The lowest BCUT2D eigenvalue weighted by atomic mass is 10.2. The highest BCUT2D eigenvalue weighted by molar-refractivity contribution is 7.80. The first-order valence-electron chi connectivity index (χ1n) is 5.96. The number of aromatic nitrogens is 1. The number of thiocarbonyl (C=S) groups is 1. The van der Waals surface area contributed by atoms with E-state index < -0.39 is 0 Å². The number of hydrogen-bond acceptors (Lipinski definition) is 4. The molecule has 6 heteroatoms. The van der Waals surface area contributed by atoms with Gasteiger partial charge in [0.2, 0.25) is 5.13 Å². The van der Waals surface area contributed by atoms with Crippen molar-refractivity contribution in [3.8, 4) is 11.3 Å². The van der Waals surface area contributed by atoms with Crippen LogP contribution in [0.15, 0.2) is 35.7 Å². The number of anilines is 1. The number of thiazole rings is 1. The van der Waals surface area contributed by atoms with Crippen molar-refractivity contribution in [2.75, 3.05) is 5.01 Å². The van der Waals surface area contributed by atoms with Gasteiger partial charge in [-0.05, 0) is 26.1 Å². The van der Waals surface area contributed by atoms with Crippen LogP contribution in [0.25, 0.3) is 11.3 Å². The van der Waals surface area contributed by atoms with E-state index in [1.165, 1.54) is 0 Å². The molecule has 3 rings (SSSR count). The molecule has 1 saturated heterocycles. The number of rotatable bonds is 2. The molecule has 1 aromatic heterocycles. The molecule has 0 amide bonds. The molecule has 0 radical (unpaired) electrons. The maximum Gasteiger partial charge on any atom is 0.207 e. The molecule has 98 valence electrons. The van der Waals surface area contributed by atoms with E-state index in [0.717, 1.165) is 16.4 Å². The second kappa shape index (κ2) is 4.56. The van der Waals surface area contributed by atoms with Gasteiger partial charge >= 0.3 is 0 Å². The first-order chi connectivity index (χ1) is 9.05. The van der Waals surface area contributed by atoms with Crippen LogP contribution < -0.4 is 15.8 Å². The molecule has 0 aliphatic carbocycles. The van der Waals surface area contributed by atoms with Crippen molar-refractivity contribution < 1.29 is 0 Å². The average Bonchev–Trinajstić information content (AvgIpc) is 2.95. The quantitative estimate of drug-likeness (QED) is 0.832. The zero-order valence-corrected chi connectivity index (χ0v) is 12.3. The molecule has 1 aliphatic heterocycles. The van der Waals surface area contributed by atoms with Crippen molar-refractivity contribution in [3.05, 3.63) is 35.7 Å². The predicted octanol–water partition coefficient (Wildman–Crippen LogP) is 2.75. The number of hydrogen-bond donors (Lipinski definition) is 2. The summed E-state index contributed by atoms with van der Waals surface area (Å²) < 4.78 is 0. The Labute approximate surface area is 121 Å². The maximum atomic E-state index is 5.32. The van der Waals surface area contributed by atoms with Crippen LogP contribution in [-0.2, 0) is 0 Å². The zero-order valence-electron chi connectivity index (χ0n) is 10.7. The van der Waals surface area contributed by atoms with Gasteiger partial charge in [-0.1, -0.05) is 30.3 Å². The Morgan fingerprint density at radius 3 is 2.63 bits per heavy atom. The molecular weight excluding hydrogens is 276 g/mol. The minimum atomic E-state index is -0.240. The number of benzene rings is 1. The summed E-state index contributed by atoms with van der Waals surface area (Å²) in [5, 5.41) is 8.57. The summed E-state index contributed by atoms with van der Waals surface area (Å²) in [5.74, 6) is 0. The second-order valence-corrected chi connectivity index (χ2v) is 6.11. The van der Waals surface area contributed by atoms with Gasteiger partial charge < -0.3 is 5.32 Å². The summed E-state index contributed by atoms with van der Waals surface area (Å²) in [6, 6.07) is 10.1. The fraction of sp³-hybridized carbons (Fsp3) is 0.231. The van der Waals surface area contributed by atoms with Crippen molar-refractivity contribution in [3.63, 3.8) is 0 Å². The SMILES string of the molecule is CC1(C)NC(=S)N(c2nc(-c3ccccc3)cs2)N1. The van der Waals surface area contributed by atoms with E-state index in [4.69, 9.17) is 12.2 Å². The van der Waals surface area contributed by atoms with Gasteiger partial charge in [-0.15, -0.1) is 11.3 Å². The molecule has 0 bridgehead atoms. The van der Waals surface area contributed by atoms with Gasteiger partial charge in [0, 0.05) is 10.9 Å². The van der Waals surface area contributed by atoms with E-state index in [1.54, 1.807) is 11.3 Å². The number of hydrazine groups is 1. The normalized spacial score (nSPS) is 17.6. The summed E-state index contributed by atoms with van der Waals surface area (Å²) in [6.45, 7) is 4.07. The van der Waals surface area contributed by atoms with Crippen LogP contribution in [0.4, 0.5) is 5.13 Å². The van der Waals surface area contributed by atoms with Crippen molar-refractivity contribution in [2.45, 2.75) is 19.5 Å². The summed E-state index contributed by atoms with van der Waals surface area (Å²) in [4.78, 5) is 4.63. The molecule has 19 heavy (non-hydrogen) atoms. The lowest BCUT2D eigenvalue weighted by Crippen LogP contribution is -2.45. The Kier molecular flexibility index (Phi) is 3.00.